The van der Waals surface area contributed by atoms with Crippen molar-refractivity contribution in [1.82, 2.24) is 19.3 Å². The molecule has 9 nitrogen and oxygen atoms in total. The third-order valence-electron chi connectivity index (χ3n) is 6.02. The van der Waals surface area contributed by atoms with Crippen LogP contribution in [0.4, 0.5) is 27.8 Å². The fourth-order valence-electron chi connectivity index (χ4n) is 4.11. The van der Waals surface area contributed by atoms with Gasteiger partial charge in [-0.25, -0.2) is 27.9 Å². The Balaban J connectivity index is 0.000000215. The summed E-state index contributed by atoms with van der Waals surface area (Å²) in [5, 5.41) is 5.74. The molecule has 6 rings (SSSR count). The lowest BCUT2D eigenvalue weighted by atomic mass is 10.1. The van der Waals surface area contributed by atoms with Gasteiger partial charge in [-0.2, -0.15) is 21.9 Å². The van der Waals surface area contributed by atoms with Gasteiger partial charge in [0, 0.05) is 22.6 Å². The number of nitrogen functional groups attached to an aromatic ring is 1. The van der Waals surface area contributed by atoms with Crippen LogP contribution in [0.5, 0.6) is 11.5 Å². The predicted octanol–water partition coefficient (Wildman–Crippen LogP) is 6.75. The van der Waals surface area contributed by atoms with Crippen molar-refractivity contribution in [1.29, 1.82) is 0 Å². The van der Waals surface area contributed by atoms with E-state index < -0.39 is 33.5 Å². The van der Waals surface area contributed by atoms with Crippen molar-refractivity contribution in [2.45, 2.75) is 11.1 Å². The molecule has 16 heteroatoms. The third kappa shape index (κ3) is 6.66. The molecule has 0 bridgehead atoms. The van der Waals surface area contributed by atoms with E-state index in [1.165, 1.54) is 36.7 Å². The first-order valence-electron chi connectivity index (χ1n) is 12.3. The van der Waals surface area contributed by atoms with Gasteiger partial charge in [0.1, 0.15) is 22.9 Å². The van der Waals surface area contributed by atoms with Crippen LogP contribution < -0.4 is 15.6 Å². The first-order valence-corrected chi connectivity index (χ1v) is 14.6. The van der Waals surface area contributed by atoms with E-state index in [0.717, 1.165) is 41.9 Å². The second-order valence-corrected chi connectivity index (χ2v) is 11.3. The van der Waals surface area contributed by atoms with Crippen molar-refractivity contribution >= 4 is 38.3 Å². The summed E-state index contributed by atoms with van der Waals surface area (Å²) in [4.78, 5) is 10.5. The molecule has 3 heterocycles. The van der Waals surface area contributed by atoms with Crippen molar-refractivity contribution < 1.29 is 35.1 Å². The molecule has 0 aliphatic rings. The number of anilines is 1. The molecule has 0 spiro atoms. The Morgan fingerprint density at radius 3 is 2.36 bits per heavy atom. The number of rotatable bonds is 5. The van der Waals surface area contributed by atoms with E-state index >= 15 is 0 Å². The van der Waals surface area contributed by atoms with Gasteiger partial charge >= 0.3 is 6.18 Å². The molecule has 44 heavy (non-hydrogen) atoms. The maximum Gasteiger partial charge on any atom is 0.416 e. The molecule has 226 valence electrons. The van der Waals surface area contributed by atoms with Crippen LogP contribution in [-0.2, 0) is 16.2 Å². The summed E-state index contributed by atoms with van der Waals surface area (Å²) in [6.45, 7) is 0. The molecule has 0 aliphatic heterocycles. The third-order valence-corrected chi connectivity index (χ3v) is 7.69. The van der Waals surface area contributed by atoms with Crippen LogP contribution in [0.15, 0.2) is 90.1 Å². The number of aromatic nitrogens is 4. The van der Waals surface area contributed by atoms with E-state index in [1.54, 1.807) is 18.2 Å². The summed E-state index contributed by atoms with van der Waals surface area (Å²) < 4.78 is 99.6. The lowest BCUT2D eigenvalue weighted by Crippen LogP contribution is -2.13. The van der Waals surface area contributed by atoms with E-state index in [-0.39, 0.29) is 44.4 Å². The number of nitrogens with one attached hydrogen (secondary N) is 1. The van der Waals surface area contributed by atoms with Gasteiger partial charge in [0.05, 0.1) is 21.7 Å². The predicted molar refractivity (Wildman–Crippen MR) is 154 cm³/mol. The second kappa shape index (κ2) is 12.0. The number of H-pyrrole nitrogens is 1. The summed E-state index contributed by atoms with van der Waals surface area (Å²) >= 11 is 1.13. The van der Waals surface area contributed by atoms with Crippen molar-refractivity contribution in [3.05, 3.63) is 103 Å². The normalized spacial score (nSPS) is 11.7. The molecule has 0 unspecified atom stereocenters. The van der Waals surface area contributed by atoms with Crippen LogP contribution in [0, 0.1) is 11.8 Å². The smallest absolute Gasteiger partial charge is 0.416 e. The molecule has 0 fully saturated rings. The largest absolute Gasteiger partial charge is 0.453 e. The first-order chi connectivity index (χ1) is 20.8. The fourth-order valence-corrected chi connectivity index (χ4v) is 5.48. The standard InChI is InChI=1S/C20H12F5N3O.C8H7N3O2S2/c21-13-5-6-15-12(9-17(22)27-15)19(13)29-16-7-4-10(20(23,24)25)8-11(16)14-2-1-3-18(26)28-14;9-15(12,13)7-4-2-1-3-6(7)8-10-5-11-14-8/h1-9,27H,(H2,26,28);1-5H,(H2,9,12,13). The van der Waals surface area contributed by atoms with Gasteiger partial charge in [-0.15, -0.1) is 0 Å². The van der Waals surface area contributed by atoms with Gasteiger partial charge < -0.3 is 15.5 Å². The Kier molecular flexibility index (Phi) is 8.31. The zero-order chi connectivity index (χ0) is 31.6. The lowest BCUT2D eigenvalue weighted by molar-refractivity contribution is -0.137. The average Bonchev–Trinajstić information content (AvgIpc) is 3.64. The van der Waals surface area contributed by atoms with E-state index in [2.05, 4.69) is 19.3 Å². The molecular formula is C28H19F5N6O3S2. The second-order valence-electron chi connectivity index (χ2n) is 9.00. The van der Waals surface area contributed by atoms with E-state index in [9.17, 15) is 30.4 Å². The topological polar surface area (TPSA) is 150 Å². The Labute approximate surface area is 250 Å². The number of hydrogen-bond acceptors (Lipinski definition) is 8. The Hall–Kier alpha value is -4.93. The number of sulfonamides is 1. The zero-order valence-corrected chi connectivity index (χ0v) is 23.6. The van der Waals surface area contributed by atoms with Crippen LogP contribution in [0.25, 0.3) is 32.7 Å². The summed E-state index contributed by atoms with van der Waals surface area (Å²) in [6, 6.07) is 17.0. The van der Waals surface area contributed by atoms with Crippen molar-refractivity contribution in [3.63, 3.8) is 0 Å². The summed E-state index contributed by atoms with van der Waals surface area (Å²) in [7, 11) is -3.72. The molecule has 5 N–H and O–H groups in total. The Morgan fingerprint density at radius 2 is 1.68 bits per heavy atom. The van der Waals surface area contributed by atoms with E-state index in [1.807, 2.05) is 0 Å². The minimum absolute atomic E-state index is 0.0421. The maximum absolute atomic E-state index is 14.4. The lowest BCUT2D eigenvalue weighted by Gasteiger charge is -2.15. The van der Waals surface area contributed by atoms with Crippen LogP contribution >= 0.6 is 11.5 Å². The van der Waals surface area contributed by atoms with Crippen LogP contribution in [-0.4, -0.2) is 27.7 Å². The SMILES string of the molecule is NS(=O)(=O)c1ccccc1-c1ncns1.Nc1cccc(-c2cc(C(F)(F)F)ccc2Oc2c(F)ccc3[nH]c(F)cc23)n1. The minimum Gasteiger partial charge on any atom is -0.453 e. The van der Waals surface area contributed by atoms with Gasteiger partial charge in [-0.1, -0.05) is 24.3 Å². The van der Waals surface area contributed by atoms with E-state index in [0.29, 0.717) is 10.6 Å². The van der Waals surface area contributed by atoms with Gasteiger partial charge in [0.25, 0.3) is 0 Å². The van der Waals surface area contributed by atoms with Crippen molar-refractivity contribution in [2.75, 3.05) is 5.73 Å². The van der Waals surface area contributed by atoms with Gasteiger partial charge in [0.15, 0.2) is 17.5 Å². The number of nitrogens with zero attached hydrogens (tertiary/aromatic N) is 3. The van der Waals surface area contributed by atoms with Crippen LogP contribution in [0.2, 0.25) is 0 Å². The Morgan fingerprint density at radius 1 is 0.909 bits per heavy atom. The number of halogens is 5. The highest BCUT2D eigenvalue weighted by Gasteiger charge is 2.32. The monoisotopic (exact) mass is 646 g/mol. The fraction of sp³-hybridized carbons (Fsp3) is 0.0357. The van der Waals surface area contributed by atoms with Gasteiger partial charge in [-0.3, -0.25) is 0 Å². The highest BCUT2D eigenvalue weighted by Crippen LogP contribution is 2.41. The van der Waals surface area contributed by atoms with Gasteiger partial charge in [0.2, 0.25) is 10.0 Å². The highest BCUT2D eigenvalue weighted by atomic mass is 32.2. The maximum atomic E-state index is 14.4. The van der Waals surface area contributed by atoms with Gasteiger partial charge in [-0.05, 0) is 60.1 Å². The molecule has 3 aromatic carbocycles. The molecule has 0 saturated carbocycles. The van der Waals surface area contributed by atoms with Crippen molar-refractivity contribution in [2.24, 2.45) is 5.14 Å². The number of ether oxygens (including phenoxy) is 1. The molecule has 0 amide bonds. The molecule has 6 aromatic rings. The molecule has 3 aromatic heterocycles. The molecule has 0 aliphatic carbocycles. The number of pyridine rings is 1. The number of alkyl halides is 3. The quantitative estimate of drug-likeness (QED) is 0.175. The minimum atomic E-state index is -4.61. The molecule has 0 radical (unpaired) electrons. The number of aromatic amines is 1. The Bertz CT molecular complexity index is 2070. The highest BCUT2D eigenvalue weighted by molar-refractivity contribution is 7.89. The van der Waals surface area contributed by atoms with Crippen LogP contribution in [0.3, 0.4) is 0 Å². The number of primary sulfonamides is 1. The zero-order valence-electron chi connectivity index (χ0n) is 22.0. The molecule has 0 atom stereocenters. The number of fused-ring (bicyclic) bond motifs is 1. The first kappa shape index (κ1) is 30.5. The summed E-state index contributed by atoms with van der Waals surface area (Å²) in [5.41, 5.74) is 5.54. The number of hydrogen-bond donors (Lipinski definition) is 3. The van der Waals surface area contributed by atoms with E-state index in [4.69, 9.17) is 15.6 Å². The number of nitrogens with two attached hydrogens (primary N) is 2. The molecule has 0 saturated heterocycles. The summed E-state index contributed by atoms with van der Waals surface area (Å²) in [6.07, 6.45) is -3.23. The van der Waals surface area contributed by atoms with Crippen LogP contribution in [0.1, 0.15) is 5.56 Å². The average molecular weight is 647 g/mol. The van der Waals surface area contributed by atoms with Crippen molar-refractivity contribution in [3.8, 4) is 33.3 Å². The molecular weight excluding hydrogens is 627 g/mol. The summed E-state index contributed by atoms with van der Waals surface area (Å²) in [5.74, 6) is -1.84. The number of benzene rings is 3.